The van der Waals surface area contributed by atoms with E-state index in [2.05, 4.69) is 28.2 Å². The van der Waals surface area contributed by atoms with Crippen LogP contribution < -0.4 is 10.1 Å². The summed E-state index contributed by atoms with van der Waals surface area (Å²) >= 11 is 5.12. The molecule has 1 N–H and O–H groups in total. The van der Waals surface area contributed by atoms with Gasteiger partial charge in [0, 0.05) is 4.88 Å². The molecule has 2 aromatic rings. The molecule has 0 aliphatic rings. The third-order valence-corrected chi connectivity index (χ3v) is 4.98. The fourth-order valence-electron chi connectivity index (χ4n) is 2.10. The lowest BCUT2D eigenvalue weighted by Crippen LogP contribution is -2.38. The Hall–Kier alpha value is -1.33. The van der Waals surface area contributed by atoms with Gasteiger partial charge < -0.3 is 10.1 Å². The van der Waals surface area contributed by atoms with Crippen LogP contribution in [0.5, 0.6) is 5.75 Å². The van der Waals surface area contributed by atoms with Crippen LogP contribution in [0.3, 0.4) is 0 Å². The molecular weight excluding hydrogens is 362 g/mol. The van der Waals surface area contributed by atoms with Crippen molar-refractivity contribution < 1.29 is 9.53 Å². The maximum atomic E-state index is 12.3. The van der Waals surface area contributed by atoms with Gasteiger partial charge in [0.2, 0.25) is 0 Å². The van der Waals surface area contributed by atoms with Gasteiger partial charge in [-0.1, -0.05) is 19.1 Å². The molecule has 5 heteroatoms. The minimum Gasteiger partial charge on any atom is -0.480 e. The molecule has 0 saturated carbocycles. The molecular formula is C17H20BrNO2S. The third kappa shape index (κ3) is 4.34. The molecule has 0 saturated heterocycles. The maximum Gasteiger partial charge on any atom is 0.261 e. The van der Waals surface area contributed by atoms with E-state index in [-0.39, 0.29) is 11.9 Å². The van der Waals surface area contributed by atoms with Gasteiger partial charge in [0.05, 0.1) is 10.5 Å². The van der Waals surface area contributed by atoms with Crippen molar-refractivity contribution in [1.29, 1.82) is 0 Å². The zero-order valence-corrected chi connectivity index (χ0v) is 15.3. The van der Waals surface area contributed by atoms with Crippen LogP contribution in [0.2, 0.25) is 0 Å². The summed E-state index contributed by atoms with van der Waals surface area (Å²) in [6.45, 7) is 5.84. The minimum atomic E-state index is -0.548. The van der Waals surface area contributed by atoms with Gasteiger partial charge in [-0.05, 0) is 65.3 Å². The third-order valence-electron chi connectivity index (χ3n) is 3.37. The van der Waals surface area contributed by atoms with Crippen LogP contribution >= 0.6 is 27.3 Å². The lowest BCUT2D eigenvalue weighted by Gasteiger charge is -2.20. The van der Waals surface area contributed by atoms with Crippen molar-refractivity contribution in [2.45, 2.75) is 39.3 Å². The van der Waals surface area contributed by atoms with Crippen molar-refractivity contribution in [3.8, 4) is 5.75 Å². The number of aryl methyl sites for hydroxylation is 1. The fraction of sp³-hybridized carbons (Fsp3) is 0.353. The van der Waals surface area contributed by atoms with Crippen molar-refractivity contribution in [1.82, 2.24) is 5.32 Å². The number of hydrogen-bond acceptors (Lipinski definition) is 3. The number of halogens is 1. The summed E-state index contributed by atoms with van der Waals surface area (Å²) in [5, 5.41) is 5.07. The highest BCUT2D eigenvalue weighted by molar-refractivity contribution is 9.10. The predicted octanol–water partition coefficient (Wildman–Crippen LogP) is 4.85. The fourth-order valence-corrected chi connectivity index (χ4v) is 3.55. The van der Waals surface area contributed by atoms with E-state index in [0.717, 1.165) is 16.5 Å². The van der Waals surface area contributed by atoms with Gasteiger partial charge in [0.1, 0.15) is 5.75 Å². The first kappa shape index (κ1) is 17.0. The molecule has 0 spiro atoms. The van der Waals surface area contributed by atoms with Crippen LogP contribution in [0.1, 0.15) is 36.8 Å². The van der Waals surface area contributed by atoms with Gasteiger partial charge >= 0.3 is 0 Å². The van der Waals surface area contributed by atoms with Crippen LogP contribution in [-0.2, 0) is 4.79 Å². The van der Waals surface area contributed by atoms with Crippen molar-refractivity contribution in [2.75, 3.05) is 0 Å². The van der Waals surface area contributed by atoms with E-state index >= 15 is 0 Å². The first-order chi connectivity index (χ1) is 10.5. The summed E-state index contributed by atoms with van der Waals surface area (Å²) < 4.78 is 6.63. The lowest BCUT2D eigenvalue weighted by atomic mass is 10.2. The molecule has 0 fully saturated rings. The molecule has 0 aliphatic carbocycles. The molecule has 1 amide bonds. The minimum absolute atomic E-state index is 0.0417. The number of thiophene rings is 1. The molecule has 3 nitrogen and oxygen atoms in total. The molecule has 2 unspecified atom stereocenters. The lowest BCUT2D eigenvalue weighted by molar-refractivity contribution is -0.128. The van der Waals surface area contributed by atoms with E-state index in [1.54, 1.807) is 18.3 Å². The molecule has 2 atom stereocenters. The SMILES string of the molecule is CCC(NC(=O)C(C)Oc1ccc(C)cc1Br)c1cccs1. The van der Waals surface area contributed by atoms with Gasteiger partial charge in [-0.3, -0.25) is 4.79 Å². The van der Waals surface area contributed by atoms with Crippen LogP contribution in [0.15, 0.2) is 40.2 Å². The number of nitrogens with one attached hydrogen (secondary N) is 1. The van der Waals surface area contributed by atoms with Crippen LogP contribution in [0.4, 0.5) is 0 Å². The largest absolute Gasteiger partial charge is 0.480 e. The molecule has 1 aromatic heterocycles. The zero-order chi connectivity index (χ0) is 16.1. The number of carbonyl (C=O) groups excluding carboxylic acids is 1. The molecule has 0 aliphatic heterocycles. The summed E-state index contributed by atoms with van der Waals surface area (Å²) in [6.07, 6.45) is 0.306. The van der Waals surface area contributed by atoms with Gasteiger partial charge in [-0.15, -0.1) is 11.3 Å². The second-order valence-electron chi connectivity index (χ2n) is 5.18. The second kappa shape index (κ2) is 7.79. The standard InChI is InChI=1S/C17H20BrNO2S/c1-4-14(16-6-5-9-22-16)19-17(20)12(3)21-15-8-7-11(2)10-13(15)18/h5-10,12,14H,4H2,1-3H3,(H,19,20). The molecule has 0 radical (unpaired) electrons. The van der Waals surface area contributed by atoms with Crippen LogP contribution in [-0.4, -0.2) is 12.0 Å². The highest BCUT2D eigenvalue weighted by atomic mass is 79.9. The zero-order valence-electron chi connectivity index (χ0n) is 12.9. The van der Waals surface area contributed by atoms with E-state index in [4.69, 9.17) is 4.74 Å². The Morgan fingerprint density at radius 2 is 2.18 bits per heavy atom. The Morgan fingerprint density at radius 1 is 1.41 bits per heavy atom. The molecule has 1 aromatic carbocycles. The monoisotopic (exact) mass is 381 g/mol. The Labute approximate surface area is 143 Å². The quantitative estimate of drug-likeness (QED) is 0.775. The van der Waals surface area contributed by atoms with Gasteiger partial charge in [0.15, 0.2) is 6.10 Å². The van der Waals surface area contributed by atoms with Gasteiger partial charge in [0.25, 0.3) is 5.91 Å². The molecule has 2 rings (SSSR count). The average Bonchev–Trinajstić information content (AvgIpc) is 3.01. The van der Waals surface area contributed by atoms with E-state index < -0.39 is 6.10 Å². The number of amides is 1. The number of rotatable bonds is 6. The van der Waals surface area contributed by atoms with E-state index in [1.165, 1.54) is 4.88 Å². The molecule has 1 heterocycles. The van der Waals surface area contributed by atoms with E-state index in [9.17, 15) is 4.79 Å². The second-order valence-corrected chi connectivity index (χ2v) is 7.01. The average molecular weight is 382 g/mol. The van der Waals surface area contributed by atoms with Gasteiger partial charge in [-0.2, -0.15) is 0 Å². The molecule has 22 heavy (non-hydrogen) atoms. The summed E-state index contributed by atoms with van der Waals surface area (Å²) in [6, 6.07) is 9.89. The van der Waals surface area contributed by atoms with Gasteiger partial charge in [-0.25, -0.2) is 0 Å². The van der Waals surface area contributed by atoms with E-state index in [1.807, 2.05) is 42.6 Å². The molecule has 118 valence electrons. The number of benzene rings is 1. The van der Waals surface area contributed by atoms with E-state index in [0.29, 0.717) is 5.75 Å². The Bertz CT molecular complexity index is 628. The normalized spacial score (nSPS) is 13.5. The van der Waals surface area contributed by atoms with Crippen molar-refractivity contribution in [3.05, 3.63) is 50.6 Å². The highest BCUT2D eigenvalue weighted by Crippen LogP contribution is 2.27. The summed E-state index contributed by atoms with van der Waals surface area (Å²) in [5.41, 5.74) is 1.14. The number of ether oxygens (including phenoxy) is 1. The Kier molecular flexibility index (Phi) is 6.03. The van der Waals surface area contributed by atoms with Crippen LogP contribution in [0, 0.1) is 6.92 Å². The Morgan fingerprint density at radius 3 is 2.77 bits per heavy atom. The predicted molar refractivity (Wildman–Crippen MR) is 94.5 cm³/mol. The maximum absolute atomic E-state index is 12.3. The summed E-state index contributed by atoms with van der Waals surface area (Å²) in [5.74, 6) is 0.574. The number of hydrogen-bond donors (Lipinski definition) is 1. The summed E-state index contributed by atoms with van der Waals surface area (Å²) in [7, 11) is 0. The highest BCUT2D eigenvalue weighted by Gasteiger charge is 2.20. The summed E-state index contributed by atoms with van der Waals surface area (Å²) in [4.78, 5) is 13.5. The Balaban J connectivity index is 1.99. The van der Waals surface area contributed by atoms with Crippen molar-refractivity contribution >= 4 is 33.2 Å². The van der Waals surface area contributed by atoms with Crippen molar-refractivity contribution in [3.63, 3.8) is 0 Å². The topological polar surface area (TPSA) is 38.3 Å². The van der Waals surface area contributed by atoms with Crippen LogP contribution in [0.25, 0.3) is 0 Å². The molecule has 0 bridgehead atoms. The first-order valence-corrected chi connectivity index (χ1v) is 8.95. The number of carbonyl (C=O) groups is 1. The first-order valence-electron chi connectivity index (χ1n) is 7.27. The van der Waals surface area contributed by atoms with Crippen molar-refractivity contribution in [2.24, 2.45) is 0 Å². The smallest absolute Gasteiger partial charge is 0.261 e.